The predicted molar refractivity (Wildman–Crippen MR) is 115 cm³/mol. The summed E-state index contributed by atoms with van der Waals surface area (Å²) in [7, 11) is 4.88. The molecule has 0 spiro atoms. The maximum Gasteiger partial charge on any atom is 0.322 e. The molecule has 1 N–H and O–H groups in total. The molecular weight excluding hydrogens is 382 g/mol. The van der Waals surface area contributed by atoms with E-state index in [1.54, 1.807) is 21.3 Å². The van der Waals surface area contributed by atoms with Crippen LogP contribution >= 0.6 is 0 Å². The fourth-order valence-corrected chi connectivity index (χ4v) is 3.85. The Bertz CT molecular complexity index is 1030. The number of hydrogen-bond donors (Lipinski definition) is 1. The first-order valence-electron chi connectivity index (χ1n) is 9.73. The van der Waals surface area contributed by atoms with Crippen LogP contribution in [0.3, 0.4) is 0 Å². The van der Waals surface area contributed by atoms with Crippen molar-refractivity contribution in [3.63, 3.8) is 0 Å². The lowest BCUT2D eigenvalue weighted by Gasteiger charge is -2.37. The lowest BCUT2D eigenvalue weighted by atomic mass is 9.98. The highest BCUT2D eigenvalue weighted by Gasteiger charge is 2.34. The van der Waals surface area contributed by atoms with Gasteiger partial charge in [-0.3, -0.25) is 0 Å². The molecule has 3 aromatic rings. The quantitative estimate of drug-likeness (QED) is 0.690. The summed E-state index contributed by atoms with van der Waals surface area (Å²) in [5, 5.41) is 3.00. The van der Waals surface area contributed by atoms with Crippen LogP contribution in [0, 0.1) is 0 Å². The van der Waals surface area contributed by atoms with E-state index in [0.29, 0.717) is 23.7 Å². The number of amides is 2. The number of nitrogens with one attached hydrogen (secondary N) is 1. The van der Waals surface area contributed by atoms with Gasteiger partial charge in [-0.05, 0) is 54.6 Å². The molecule has 0 bridgehead atoms. The van der Waals surface area contributed by atoms with Gasteiger partial charge in [0.05, 0.1) is 21.3 Å². The first-order chi connectivity index (χ1) is 14.6. The number of rotatable bonds is 5. The fourth-order valence-electron chi connectivity index (χ4n) is 3.85. The Morgan fingerprint density at radius 3 is 2.37 bits per heavy atom. The highest BCUT2D eigenvalue weighted by molar-refractivity contribution is 5.90. The van der Waals surface area contributed by atoms with E-state index in [-0.39, 0.29) is 12.1 Å². The van der Waals surface area contributed by atoms with Crippen molar-refractivity contribution in [3.05, 3.63) is 72.1 Å². The Morgan fingerprint density at radius 2 is 1.67 bits per heavy atom. The van der Waals surface area contributed by atoms with Crippen molar-refractivity contribution in [2.75, 3.05) is 33.2 Å². The second-order valence-corrected chi connectivity index (χ2v) is 6.99. The summed E-state index contributed by atoms with van der Waals surface area (Å²) in [5.74, 6) is 2.16. The Kier molecular flexibility index (Phi) is 5.52. The van der Waals surface area contributed by atoms with Crippen molar-refractivity contribution in [1.29, 1.82) is 0 Å². The van der Waals surface area contributed by atoms with Crippen LogP contribution in [0.2, 0.25) is 0 Å². The smallest absolute Gasteiger partial charge is 0.322 e. The van der Waals surface area contributed by atoms with Crippen LogP contribution in [-0.2, 0) is 6.54 Å². The van der Waals surface area contributed by atoms with Crippen molar-refractivity contribution < 1.29 is 19.0 Å². The molecule has 0 fully saturated rings. The molecule has 4 rings (SSSR count). The molecule has 1 aliphatic rings. The second kappa shape index (κ2) is 8.41. The molecule has 156 valence electrons. The molecule has 30 heavy (non-hydrogen) atoms. The van der Waals surface area contributed by atoms with Crippen LogP contribution in [-0.4, -0.2) is 43.4 Å². The molecule has 0 saturated carbocycles. The van der Waals surface area contributed by atoms with E-state index in [1.807, 2.05) is 65.7 Å². The van der Waals surface area contributed by atoms with Crippen molar-refractivity contribution in [2.24, 2.45) is 0 Å². The summed E-state index contributed by atoms with van der Waals surface area (Å²) in [4.78, 5) is 15.1. The maximum absolute atomic E-state index is 13.3. The van der Waals surface area contributed by atoms with E-state index in [2.05, 4.69) is 9.88 Å². The van der Waals surface area contributed by atoms with Crippen LogP contribution < -0.4 is 19.5 Å². The van der Waals surface area contributed by atoms with Crippen LogP contribution in [0.4, 0.5) is 10.5 Å². The van der Waals surface area contributed by atoms with Gasteiger partial charge in [0.25, 0.3) is 0 Å². The van der Waals surface area contributed by atoms with Gasteiger partial charge < -0.3 is 29.0 Å². The molecule has 1 atom stereocenters. The predicted octanol–water partition coefficient (Wildman–Crippen LogP) is 4.15. The summed E-state index contributed by atoms with van der Waals surface area (Å²) < 4.78 is 18.4. The average Bonchev–Trinajstić information content (AvgIpc) is 3.27. The summed E-state index contributed by atoms with van der Waals surface area (Å²) >= 11 is 0. The van der Waals surface area contributed by atoms with Crippen molar-refractivity contribution in [3.8, 4) is 17.2 Å². The minimum absolute atomic E-state index is 0.178. The van der Waals surface area contributed by atoms with Gasteiger partial charge in [0.15, 0.2) is 0 Å². The van der Waals surface area contributed by atoms with E-state index in [9.17, 15) is 4.79 Å². The molecule has 0 aliphatic carbocycles. The number of aromatic nitrogens is 1. The monoisotopic (exact) mass is 407 g/mol. The van der Waals surface area contributed by atoms with Crippen molar-refractivity contribution >= 4 is 11.7 Å². The topological polar surface area (TPSA) is 65.0 Å². The number of methoxy groups -OCH3 is 3. The molecule has 2 aromatic carbocycles. The van der Waals surface area contributed by atoms with E-state index in [1.165, 1.54) is 0 Å². The molecule has 7 heteroatoms. The summed E-state index contributed by atoms with van der Waals surface area (Å²) in [6.45, 7) is 1.29. The third-order valence-corrected chi connectivity index (χ3v) is 5.37. The number of anilines is 1. The number of carbonyl (C=O) groups excluding carboxylic acids is 1. The standard InChI is InChI=1S/C23H25N3O4/c1-28-17-8-6-16(7-9-17)24-23(27)26-14-13-25-12-4-5-20(25)22(26)19-15-18(29-2)10-11-21(19)30-3/h4-12,15,22H,13-14H2,1-3H3,(H,24,27)/t22-/m1/s1. The van der Waals surface area contributed by atoms with Gasteiger partial charge in [-0.25, -0.2) is 4.79 Å². The first kappa shape index (κ1) is 19.7. The van der Waals surface area contributed by atoms with Crippen LogP contribution in [0.15, 0.2) is 60.8 Å². The zero-order valence-electron chi connectivity index (χ0n) is 17.3. The molecule has 1 aliphatic heterocycles. The van der Waals surface area contributed by atoms with Gasteiger partial charge in [-0.2, -0.15) is 0 Å². The maximum atomic E-state index is 13.3. The summed E-state index contributed by atoms with van der Waals surface area (Å²) in [5.41, 5.74) is 2.61. The zero-order chi connectivity index (χ0) is 21.1. The molecule has 0 radical (unpaired) electrons. The van der Waals surface area contributed by atoms with Crippen LogP contribution in [0.1, 0.15) is 17.3 Å². The molecule has 7 nitrogen and oxygen atoms in total. The summed E-state index contributed by atoms with van der Waals surface area (Å²) in [6.07, 6.45) is 2.04. The molecule has 1 aromatic heterocycles. The molecule has 0 saturated heterocycles. The van der Waals surface area contributed by atoms with E-state index >= 15 is 0 Å². The number of hydrogen-bond acceptors (Lipinski definition) is 4. The first-order valence-corrected chi connectivity index (χ1v) is 9.73. The van der Waals surface area contributed by atoms with Gasteiger partial charge in [0, 0.05) is 36.2 Å². The van der Waals surface area contributed by atoms with Gasteiger partial charge in [-0.15, -0.1) is 0 Å². The summed E-state index contributed by atoms with van der Waals surface area (Å²) in [6, 6.07) is 16.5. The lowest BCUT2D eigenvalue weighted by Crippen LogP contribution is -2.44. The third-order valence-electron chi connectivity index (χ3n) is 5.37. The van der Waals surface area contributed by atoms with E-state index in [0.717, 1.165) is 23.6 Å². The Morgan fingerprint density at radius 1 is 0.933 bits per heavy atom. The molecule has 0 unspecified atom stereocenters. The van der Waals surface area contributed by atoms with Crippen molar-refractivity contribution in [1.82, 2.24) is 9.47 Å². The molecule has 2 heterocycles. The van der Waals surface area contributed by atoms with Gasteiger partial charge in [-0.1, -0.05) is 0 Å². The SMILES string of the molecule is COc1ccc(NC(=O)N2CCn3cccc3[C@H]2c2cc(OC)ccc2OC)cc1. The van der Waals surface area contributed by atoms with E-state index < -0.39 is 0 Å². The normalized spacial score (nSPS) is 15.3. The zero-order valence-corrected chi connectivity index (χ0v) is 17.3. The number of benzene rings is 2. The van der Waals surface area contributed by atoms with Gasteiger partial charge in [0.2, 0.25) is 0 Å². The highest BCUT2D eigenvalue weighted by Crippen LogP contribution is 2.39. The van der Waals surface area contributed by atoms with Gasteiger partial charge >= 0.3 is 6.03 Å². The van der Waals surface area contributed by atoms with Crippen molar-refractivity contribution in [2.45, 2.75) is 12.6 Å². The Labute approximate surface area is 175 Å². The highest BCUT2D eigenvalue weighted by atomic mass is 16.5. The number of fused-ring (bicyclic) bond motifs is 1. The molecule has 2 amide bonds. The van der Waals surface area contributed by atoms with Gasteiger partial charge in [0.1, 0.15) is 23.3 Å². The number of carbonyl (C=O) groups is 1. The Hall–Kier alpha value is -3.61. The van der Waals surface area contributed by atoms with E-state index in [4.69, 9.17) is 14.2 Å². The number of nitrogens with zero attached hydrogens (tertiary/aromatic N) is 2. The number of ether oxygens (including phenoxy) is 3. The second-order valence-electron chi connectivity index (χ2n) is 6.99. The van der Waals surface area contributed by atoms with Crippen LogP contribution in [0.25, 0.3) is 0 Å². The third kappa shape index (κ3) is 3.66. The molecular formula is C23H25N3O4. The largest absolute Gasteiger partial charge is 0.497 e. The minimum atomic E-state index is -0.308. The Balaban J connectivity index is 1.71. The fraction of sp³-hybridized carbons (Fsp3) is 0.261. The minimum Gasteiger partial charge on any atom is -0.497 e. The number of urea groups is 1. The lowest BCUT2D eigenvalue weighted by molar-refractivity contribution is 0.180. The van der Waals surface area contributed by atoms with Crippen LogP contribution in [0.5, 0.6) is 17.2 Å². The average molecular weight is 407 g/mol.